The summed E-state index contributed by atoms with van der Waals surface area (Å²) in [6.45, 7) is 2.08. The number of methoxy groups -OCH3 is 2. The van der Waals surface area contributed by atoms with E-state index in [1.807, 2.05) is 72.8 Å². The smallest absolute Gasteiger partial charge is 0.175 e. The highest BCUT2D eigenvalue weighted by atomic mass is 32.2. The summed E-state index contributed by atoms with van der Waals surface area (Å²) < 4.78 is 42.0. The first-order valence-corrected chi connectivity index (χ1v) is 16.3. The van der Waals surface area contributed by atoms with Crippen LogP contribution >= 0.6 is 0 Å². The third kappa shape index (κ3) is 5.03. The van der Waals surface area contributed by atoms with Gasteiger partial charge in [-0.25, -0.2) is 13.4 Å². The predicted octanol–water partition coefficient (Wildman–Crippen LogP) is 8.87. The van der Waals surface area contributed by atoms with E-state index < -0.39 is 9.84 Å². The second-order valence-electron chi connectivity index (χ2n) is 11.0. The Labute approximate surface area is 262 Å². The van der Waals surface area contributed by atoms with E-state index >= 15 is 0 Å². The number of hydrogen-bond acceptors (Lipinski definition) is 7. The van der Waals surface area contributed by atoms with Crippen molar-refractivity contribution in [3.8, 4) is 45.4 Å². The normalized spacial score (nSPS) is 12.3. The molecule has 2 heterocycles. The molecular weight excluding hydrogens is 584 g/mol. The number of benzene rings is 5. The van der Waals surface area contributed by atoms with Crippen molar-refractivity contribution in [1.29, 1.82) is 0 Å². The molecule has 0 saturated heterocycles. The Hall–Kier alpha value is -5.34. The van der Waals surface area contributed by atoms with Crippen LogP contribution in [0.2, 0.25) is 0 Å². The summed E-state index contributed by atoms with van der Waals surface area (Å²) in [6, 6.07) is 34.8. The van der Waals surface area contributed by atoms with Crippen molar-refractivity contribution < 1.29 is 22.6 Å². The van der Waals surface area contributed by atoms with Crippen molar-refractivity contribution in [3.63, 3.8) is 0 Å². The average Bonchev–Trinajstić information content (AvgIpc) is 3.06. The molecule has 0 N–H and O–H groups in total. The van der Waals surface area contributed by atoms with E-state index in [2.05, 4.69) is 24.0 Å². The van der Waals surface area contributed by atoms with Crippen LogP contribution in [0, 0.1) is 6.92 Å². The molecule has 0 unspecified atom stereocenters. The van der Waals surface area contributed by atoms with E-state index in [-0.39, 0.29) is 4.90 Å². The standard InChI is InChI=1S/C37H30N2O5S/c1-23-13-18-33(39-31-9-5-7-11-34(31)44-35-12-8-6-10-32(35)39)37-36(23)29(25-19-26(42-2)21-27(20-25)43-3)22-30(38-37)24-14-16-28(17-15-24)45(4,40)41/h5-22H,1-4H3. The minimum Gasteiger partial charge on any atom is -0.497 e. The molecule has 0 spiro atoms. The monoisotopic (exact) mass is 614 g/mol. The minimum absolute atomic E-state index is 0.253. The molecule has 7 nitrogen and oxygen atoms in total. The van der Waals surface area contributed by atoms with Gasteiger partial charge in [0, 0.05) is 23.3 Å². The Bertz CT molecular complexity index is 2140. The van der Waals surface area contributed by atoms with Gasteiger partial charge in [0.1, 0.15) is 11.5 Å². The number of ether oxygens (including phenoxy) is 3. The lowest BCUT2D eigenvalue weighted by molar-refractivity contribution is 0.394. The Morgan fingerprint density at radius 1 is 0.689 bits per heavy atom. The molecular formula is C37H30N2O5S. The van der Waals surface area contributed by atoms with Gasteiger partial charge in [0.05, 0.1) is 47.4 Å². The largest absolute Gasteiger partial charge is 0.497 e. The zero-order valence-electron chi connectivity index (χ0n) is 25.2. The van der Waals surface area contributed by atoms with Gasteiger partial charge < -0.3 is 19.1 Å². The van der Waals surface area contributed by atoms with E-state index in [4.69, 9.17) is 19.2 Å². The lowest BCUT2D eigenvalue weighted by atomic mass is 9.94. The Morgan fingerprint density at radius 3 is 1.87 bits per heavy atom. The molecule has 5 aromatic carbocycles. The summed E-state index contributed by atoms with van der Waals surface area (Å²) >= 11 is 0. The van der Waals surface area contributed by atoms with Crippen LogP contribution in [0.4, 0.5) is 17.1 Å². The lowest BCUT2D eigenvalue weighted by Crippen LogP contribution is -2.16. The molecule has 0 radical (unpaired) electrons. The quantitative estimate of drug-likeness (QED) is 0.185. The van der Waals surface area contributed by atoms with E-state index in [0.717, 1.165) is 61.7 Å². The third-order valence-corrected chi connectivity index (χ3v) is 9.19. The number of anilines is 3. The summed E-state index contributed by atoms with van der Waals surface area (Å²) in [7, 11) is -0.0862. The lowest BCUT2D eigenvalue weighted by Gasteiger charge is -2.33. The van der Waals surface area contributed by atoms with Crippen LogP contribution < -0.4 is 19.1 Å². The van der Waals surface area contributed by atoms with Crippen LogP contribution in [0.25, 0.3) is 33.3 Å². The Balaban J connectivity index is 1.56. The minimum atomic E-state index is -3.35. The van der Waals surface area contributed by atoms with Crippen molar-refractivity contribution >= 4 is 37.8 Å². The van der Waals surface area contributed by atoms with E-state index in [1.165, 1.54) is 6.26 Å². The summed E-state index contributed by atoms with van der Waals surface area (Å²) in [5.41, 5.74) is 7.83. The van der Waals surface area contributed by atoms with Crippen LogP contribution in [0.15, 0.2) is 114 Å². The maximum Gasteiger partial charge on any atom is 0.175 e. The van der Waals surface area contributed by atoms with E-state index in [9.17, 15) is 8.42 Å². The molecule has 0 aliphatic carbocycles. The molecule has 6 aromatic rings. The fraction of sp³-hybridized carbons (Fsp3) is 0.108. The predicted molar refractivity (Wildman–Crippen MR) is 178 cm³/mol. The van der Waals surface area contributed by atoms with Gasteiger partial charge in [0.2, 0.25) is 0 Å². The maximum atomic E-state index is 12.2. The Morgan fingerprint density at radius 2 is 1.29 bits per heavy atom. The number of aryl methyl sites for hydroxylation is 1. The highest BCUT2D eigenvalue weighted by Gasteiger charge is 2.28. The van der Waals surface area contributed by atoms with Crippen molar-refractivity contribution in [3.05, 3.63) is 115 Å². The molecule has 1 aliphatic heterocycles. The fourth-order valence-corrected chi connectivity index (χ4v) is 6.48. The van der Waals surface area contributed by atoms with Crippen LogP contribution in [-0.4, -0.2) is 33.9 Å². The molecule has 7 rings (SSSR count). The molecule has 0 atom stereocenters. The molecule has 8 heteroatoms. The average molecular weight is 615 g/mol. The van der Waals surface area contributed by atoms with Gasteiger partial charge in [-0.2, -0.15) is 0 Å². The van der Waals surface area contributed by atoms with Crippen LogP contribution in [0.5, 0.6) is 23.0 Å². The van der Waals surface area contributed by atoms with Crippen molar-refractivity contribution in [2.75, 3.05) is 25.4 Å². The summed E-state index contributed by atoms with van der Waals surface area (Å²) in [5, 5.41) is 0.973. The van der Waals surface area contributed by atoms with E-state index in [0.29, 0.717) is 17.2 Å². The van der Waals surface area contributed by atoms with Gasteiger partial charge in [-0.05, 0) is 84.3 Å². The molecule has 1 aromatic heterocycles. The topological polar surface area (TPSA) is 78.0 Å². The van der Waals surface area contributed by atoms with Crippen LogP contribution in [0.3, 0.4) is 0 Å². The third-order valence-electron chi connectivity index (χ3n) is 8.06. The molecule has 0 bridgehead atoms. The molecule has 45 heavy (non-hydrogen) atoms. The van der Waals surface area contributed by atoms with Crippen molar-refractivity contribution in [2.45, 2.75) is 11.8 Å². The molecule has 1 aliphatic rings. The van der Waals surface area contributed by atoms with Crippen molar-refractivity contribution in [2.24, 2.45) is 0 Å². The van der Waals surface area contributed by atoms with Gasteiger partial charge in [0.15, 0.2) is 21.3 Å². The van der Waals surface area contributed by atoms with Crippen LogP contribution in [0.1, 0.15) is 5.56 Å². The SMILES string of the molecule is COc1cc(OC)cc(-c2cc(-c3ccc(S(C)(=O)=O)cc3)nc3c(N4c5ccccc5Oc5ccccc54)ccc(C)c23)c1. The highest BCUT2D eigenvalue weighted by Crippen LogP contribution is 2.52. The summed E-state index contributed by atoms with van der Waals surface area (Å²) in [5.74, 6) is 2.82. The first kappa shape index (κ1) is 28.4. The number of sulfone groups is 1. The first-order valence-electron chi connectivity index (χ1n) is 14.4. The molecule has 224 valence electrons. The Kier molecular flexibility index (Phi) is 6.94. The number of nitrogens with zero attached hydrogens (tertiary/aromatic N) is 2. The van der Waals surface area contributed by atoms with E-state index in [1.54, 1.807) is 38.5 Å². The molecule has 0 amide bonds. The number of aromatic nitrogens is 1. The highest BCUT2D eigenvalue weighted by molar-refractivity contribution is 7.90. The maximum absolute atomic E-state index is 12.2. The fourth-order valence-electron chi connectivity index (χ4n) is 5.85. The van der Waals surface area contributed by atoms with Gasteiger partial charge in [-0.3, -0.25) is 0 Å². The summed E-state index contributed by atoms with van der Waals surface area (Å²) in [6.07, 6.45) is 1.21. The second kappa shape index (κ2) is 11.0. The number of fused-ring (bicyclic) bond motifs is 3. The second-order valence-corrected chi connectivity index (χ2v) is 13.0. The number of rotatable bonds is 6. The van der Waals surface area contributed by atoms with Crippen LogP contribution in [-0.2, 0) is 9.84 Å². The van der Waals surface area contributed by atoms with Gasteiger partial charge >= 0.3 is 0 Å². The number of hydrogen-bond donors (Lipinski definition) is 0. The number of pyridine rings is 1. The zero-order chi connectivity index (χ0) is 31.3. The van der Waals surface area contributed by atoms with Gasteiger partial charge in [-0.1, -0.05) is 42.5 Å². The number of para-hydroxylation sites is 4. The zero-order valence-corrected chi connectivity index (χ0v) is 26.1. The van der Waals surface area contributed by atoms with Crippen molar-refractivity contribution in [1.82, 2.24) is 4.98 Å². The molecule has 0 fully saturated rings. The molecule has 0 saturated carbocycles. The first-order chi connectivity index (χ1) is 21.7. The van der Waals surface area contributed by atoms with Gasteiger partial charge in [-0.15, -0.1) is 0 Å². The summed E-state index contributed by atoms with van der Waals surface area (Å²) in [4.78, 5) is 7.74. The van der Waals surface area contributed by atoms with Gasteiger partial charge in [0.25, 0.3) is 0 Å².